The second-order valence-electron chi connectivity index (χ2n) is 9.20. The van der Waals surface area contributed by atoms with Gasteiger partial charge in [-0.15, -0.1) is 0 Å². The van der Waals surface area contributed by atoms with Crippen molar-refractivity contribution in [1.29, 1.82) is 0 Å². The van der Waals surface area contributed by atoms with E-state index in [-0.39, 0.29) is 12.1 Å². The van der Waals surface area contributed by atoms with Crippen molar-refractivity contribution >= 4 is 22.7 Å². The Morgan fingerprint density at radius 3 is 2.78 bits per heavy atom. The van der Waals surface area contributed by atoms with Crippen LogP contribution in [-0.4, -0.2) is 80.8 Å². The SMILES string of the molecule is CN(CCCCN)Cc1ccc2c(c1)c(C(N)=O)nn2-c1cc(C#C[C@]2(O)CCN(C)C2=O)ccn1. The number of nitrogens with two attached hydrogens (primary N) is 2. The number of amides is 2. The Morgan fingerprint density at radius 2 is 2.08 bits per heavy atom. The van der Waals surface area contributed by atoms with Crippen LogP contribution < -0.4 is 11.5 Å². The van der Waals surface area contributed by atoms with Crippen molar-refractivity contribution in [3.8, 4) is 17.7 Å². The summed E-state index contributed by atoms with van der Waals surface area (Å²) in [7, 11) is 3.68. The summed E-state index contributed by atoms with van der Waals surface area (Å²) in [5, 5.41) is 15.7. The normalized spacial score (nSPS) is 17.6. The lowest BCUT2D eigenvalue weighted by Crippen LogP contribution is -2.37. The smallest absolute Gasteiger partial charge is 0.269 e. The van der Waals surface area contributed by atoms with Crippen molar-refractivity contribution in [3.05, 3.63) is 53.3 Å². The van der Waals surface area contributed by atoms with Gasteiger partial charge in [0.2, 0.25) is 5.60 Å². The number of fused-ring (bicyclic) bond motifs is 1. The molecule has 188 valence electrons. The van der Waals surface area contributed by atoms with Gasteiger partial charge in [-0.2, -0.15) is 5.10 Å². The Labute approximate surface area is 209 Å². The molecule has 1 atom stereocenters. The Balaban J connectivity index is 1.65. The predicted octanol–water partition coefficient (Wildman–Crippen LogP) is 0.635. The van der Waals surface area contributed by atoms with Gasteiger partial charge in [-0.1, -0.05) is 17.9 Å². The third kappa shape index (κ3) is 5.23. The number of benzene rings is 1. The van der Waals surface area contributed by atoms with Crippen LogP contribution in [-0.2, 0) is 11.3 Å². The van der Waals surface area contributed by atoms with E-state index in [1.807, 2.05) is 25.2 Å². The zero-order valence-corrected chi connectivity index (χ0v) is 20.6. The molecule has 10 nitrogen and oxygen atoms in total. The summed E-state index contributed by atoms with van der Waals surface area (Å²) in [5.74, 6) is 4.99. The fourth-order valence-corrected chi connectivity index (χ4v) is 4.29. The van der Waals surface area contributed by atoms with Crippen molar-refractivity contribution < 1.29 is 14.7 Å². The number of likely N-dealkylation sites (tertiary alicyclic amines) is 1. The number of unbranched alkanes of at least 4 members (excludes halogenated alkanes) is 1. The molecule has 1 aliphatic heterocycles. The largest absolute Gasteiger partial charge is 0.369 e. The monoisotopic (exact) mass is 489 g/mol. The Hall–Kier alpha value is -3.78. The van der Waals surface area contributed by atoms with Gasteiger partial charge in [0, 0.05) is 43.7 Å². The average molecular weight is 490 g/mol. The van der Waals surface area contributed by atoms with Crippen LogP contribution in [0.25, 0.3) is 16.7 Å². The van der Waals surface area contributed by atoms with Crippen molar-refractivity contribution in [1.82, 2.24) is 24.6 Å². The molecule has 5 N–H and O–H groups in total. The van der Waals surface area contributed by atoms with Crippen molar-refractivity contribution in [2.45, 2.75) is 31.4 Å². The molecule has 0 bridgehead atoms. The van der Waals surface area contributed by atoms with E-state index in [1.165, 1.54) is 4.90 Å². The first kappa shape index (κ1) is 25.3. The molecule has 0 spiro atoms. The number of hydrogen-bond acceptors (Lipinski definition) is 7. The van der Waals surface area contributed by atoms with Crippen LogP contribution in [0.1, 0.15) is 40.9 Å². The molecule has 2 aromatic heterocycles. The highest BCUT2D eigenvalue weighted by molar-refractivity contribution is 6.04. The van der Waals surface area contributed by atoms with E-state index < -0.39 is 17.4 Å². The number of hydrogen-bond donors (Lipinski definition) is 3. The molecular weight excluding hydrogens is 458 g/mol. The van der Waals surface area contributed by atoms with Crippen molar-refractivity contribution in [3.63, 3.8) is 0 Å². The van der Waals surface area contributed by atoms with E-state index in [0.717, 1.165) is 24.9 Å². The van der Waals surface area contributed by atoms with Gasteiger partial charge in [-0.25, -0.2) is 9.67 Å². The molecule has 10 heteroatoms. The summed E-state index contributed by atoms with van der Waals surface area (Å²) in [6, 6.07) is 9.19. The van der Waals surface area contributed by atoms with E-state index >= 15 is 0 Å². The minimum absolute atomic E-state index is 0.157. The molecule has 1 fully saturated rings. The lowest BCUT2D eigenvalue weighted by atomic mass is 10.0. The van der Waals surface area contributed by atoms with Crippen LogP contribution in [0.4, 0.5) is 0 Å². The second kappa shape index (κ2) is 10.5. The number of pyridine rings is 1. The van der Waals surface area contributed by atoms with Crippen LogP contribution in [0.2, 0.25) is 0 Å². The van der Waals surface area contributed by atoms with E-state index in [9.17, 15) is 14.7 Å². The van der Waals surface area contributed by atoms with Crippen LogP contribution in [0.5, 0.6) is 0 Å². The third-order valence-electron chi connectivity index (χ3n) is 6.31. The fraction of sp³-hybridized carbons (Fsp3) is 0.385. The molecule has 0 saturated carbocycles. The summed E-state index contributed by atoms with van der Waals surface area (Å²) in [4.78, 5) is 32.5. The standard InChI is InChI=1S/C26H31N7O3/c1-31(13-4-3-11-27)17-19-5-6-21-20(15-19)23(24(28)34)30-33(21)22-16-18(8-12-29-22)7-9-26(36)10-14-32(2)25(26)35/h5-6,8,12,15-16,36H,3-4,10-11,13-14,17,27H2,1-2H3,(H2,28,34)/t26-/m0/s1. The lowest BCUT2D eigenvalue weighted by molar-refractivity contribution is -0.137. The molecule has 0 unspecified atom stereocenters. The maximum atomic E-state index is 12.2. The maximum absolute atomic E-state index is 12.2. The van der Waals surface area contributed by atoms with E-state index in [0.29, 0.717) is 41.9 Å². The third-order valence-corrected chi connectivity index (χ3v) is 6.31. The summed E-state index contributed by atoms with van der Waals surface area (Å²) in [5.41, 5.74) is 12.0. The van der Waals surface area contributed by atoms with Gasteiger partial charge in [-0.3, -0.25) is 9.59 Å². The molecule has 0 aliphatic carbocycles. The molecule has 1 saturated heterocycles. The maximum Gasteiger partial charge on any atom is 0.269 e. The van der Waals surface area contributed by atoms with E-state index in [2.05, 4.69) is 26.8 Å². The fourth-order valence-electron chi connectivity index (χ4n) is 4.29. The molecule has 0 radical (unpaired) electrons. The molecule has 2 amide bonds. The van der Waals surface area contributed by atoms with Gasteiger partial charge >= 0.3 is 0 Å². The summed E-state index contributed by atoms with van der Waals surface area (Å²) >= 11 is 0. The molecule has 1 aliphatic rings. The van der Waals surface area contributed by atoms with Crippen LogP contribution in [0.3, 0.4) is 0 Å². The first-order valence-electron chi connectivity index (χ1n) is 11.9. The van der Waals surface area contributed by atoms with Crippen molar-refractivity contribution in [2.75, 3.05) is 33.7 Å². The Bertz CT molecular complexity index is 1360. The average Bonchev–Trinajstić information content (AvgIpc) is 3.36. The molecule has 36 heavy (non-hydrogen) atoms. The Morgan fingerprint density at radius 1 is 1.28 bits per heavy atom. The minimum atomic E-state index is -1.69. The number of aromatic nitrogens is 3. The van der Waals surface area contributed by atoms with Crippen LogP contribution in [0.15, 0.2) is 36.5 Å². The molecule has 1 aromatic carbocycles. The summed E-state index contributed by atoms with van der Waals surface area (Å²) in [6.45, 7) is 2.76. The first-order chi connectivity index (χ1) is 17.2. The summed E-state index contributed by atoms with van der Waals surface area (Å²) in [6.07, 6.45) is 3.82. The van der Waals surface area contributed by atoms with Gasteiger partial charge in [-0.05, 0) is 62.8 Å². The minimum Gasteiger partial charge on any atom is -0.369 e. The number of nitrogens with zero attached hydrogens (tertiary/aromatic N) is 5. The number of primary amides is 1. The van der Waals surface area contributed by atoms with Gasteiger partial charge in [0.1, 0.15) is 0 Å². The van der Waals surface area contributed by atoms with Gasteiger partial charge in [0.15, 0.2) is 11.5 Å². The summed E-state index contributed by atoms with van der Waals surface area (Å²) < 4.78 is 1.55. The van der Waals surface area contributed by atoms with Crippen LogP contribution in [0, 0.1) is 11.8 Å². The first-order valence-corrected chi connectivity index (χ1v) is 11.9. The molecule has 4 rings (SSSR count). The quantitative estimate of drug-likeness (QED) is 0.311. The topological polar surface area (TPSA) is 144 Å². The van der Waals surface area contributed by atoms with Gasteiger partial charge in [0.05, 0.1) is 5.52 Å². The second-order valence-corrected chi connectivity index (χ2v) is 9.20. The molecule has 3 aromatic rings. The number of aliphatic hydroxyl groups is 1. The van der Waals surface area contributed by atoms with E-state index in [1.54, 1.807) is 30.1 Å². The lowest BCUT2D eigenvalue weighted by Gasteiger charge is -2.16. The number of likely N-dealkylation sites (N-methyl/N-ethyl adjacent to an activating group) is 1. The highest BCUT2D eigenvalue weighted by Gasteiger charge is 2.42. The zero-order valence-electron chi connectivity index (χ0n) is 20.6. The zero-order chi connectivity index (χ0) is 25.9. The number of carbonyl (C=O) groups excluding carboxylic acids is 2. The molecule has 3 heterocycles. The predicted molar refractivity (Wildman–Crippen MR) is 136 cm³/mol. The van der Waals surface area contributed by atoms with Gasteiger partial charge < -0.3 is 26.4 Å². The number of carbonyl (C=O) groups is 2. The van der Waals surface area contributed by atoms with Crippen molar-refractivity contribution in [2.24, 2.45) is 11.5 Å². The van der Waals surface area contributed by atoms with Gasteiger partial charge in [0.25, 0.3) is 11.8 Å². The highest BCUT2D eigenvalue weighted by atomic mass is 16.3. The Kier molecular flexibility index (Phi) is 7.35. The molecular formula is C26H31N7O3. The highest BCUT2D eigenvalue weighted by Crippen LogP contribution is 2.24. The number of rotatable bonds is 8. The van der Waals surface area contributed by atoms with Crippen LogP contribution >= 0.6 is 0 Å². The van der Waals surface area contributed by atoms with E-state index in [4.69, 9.17) is 11.5 Å².